The molecule has 0 bridgehead atoms. The van der Waals surface area contributed by atoms with Crippen LogP contribution in [0.5, 0.6) is 0 Å². The van der Waals surface area contributed by atoms with Gasteiger partial charge in [0.05, 0.1) is 5.52 Å². The molecule has 1 aromatic carbocycles. The molecule has 0 aliphatic rings. The molecule has 4 heterocycles. The van der Waals surface area contributed by atoms with Crippen molar-refractivity contribution < 1.29 is 0 Å². The van der Waals surface area contributed by atoms with E-state index >= 15 is 0 Å². The molecule has 120 valence electrons. The van der Waals surface area contributed by atoms with Gasteiger partial charge in [0.2, 0.25) is 0 Å². The summed E-state index contributed by atoms with van der Waals surface area (Å²) in [6.45, 7) is 2.09. The second-order valence-electron chi connectivity index (χ2n) is 5.91. The number of pyridine rings is 2. The van der Waals surface area contributed by atoms with E-state index < -0.39 is 0 Å². The van der Waals surface area contributed by atoms with Gasteiger partial charge in [-0.1, -0.05) is 29.5 Å². The number of thiophene rings is 1. The molecular formula is C20H14N4S. The Kier molecular flexibility index (Phi) is 3.15. The molecule has 0 saturated heterocycles. The Bertz CT molecular complexity index is 1200. The lowest BCUT2D eigenvalue weighted by Crippen LogP contribution is -1.99. The summed E-state index contributed by atoms with van der Waals surface area (Å²) in [5, 5.41) is 1.13. The lowest BCUT2D eigenvalue weighted by atomic mass is 10.1. The number of rotatable bonds is 2. The van der Waals surface area contributed by atoms with Crippen molar-refractivity contribution in [2.75, 3.05) is 0 Å². The third-order valence-electron chi connectivity index (χ3n) is 4.36. The van der Waals surface area contributed by atoms with Crippen LogP contribution < -0.4 is 0 Å². The van der Waals surface area contributed by atoms with Crippen molar-refractivity contribution in [2.45, 2.75) is 6.92 Å². The maximum absolute atomic E-state index is 4.96. The molecule has 5 heteroatoms. The van der Waals surface area contributed by atoms with Crippen LogP contribution in [0.1, 0.15) is 5.56 Å². The zero-order chi connectivity index (χ0) is 16.8. The minimum absolute atomic E-state index is 0.920. The van der Waals surface area contributed by atoms with Gasteiger partial charge in [-0.25, -0.2) is 9.97 Å². The summed E-state index contributed by atoms with van der Waals surface area (Å²) in [6, 6.07) is 16.5. The molecule has 0 fully saturated rings. The van der Waals surface area contributed by atoms with Crippen LogP contribution in [0.3, 0.4) is 0 Å². The molecule has 5 rings (SSSR count). The van der Waals surface area contributed by atoms with E-state index in [1.54, 1.807) is 11.3 Å². The van der Waals surface area contributed by atoms with Crippen molar-refractivity contribution in [3.63, 3.8) is 0 Å². The third kappa shape index (κ3) is 2.16. The number of aryl methyl sites for hydroxylation is 1. The molecule has 0 atom stereocenters. The standard InChI is InChI=1S/C20H14N4S/c1-13-9-11-21-12-16(13)18-23-20-17(15-8-5-10-22-19(15)25-20)24(18)14-6-3-2-4-7-14/h2-12H,1H3. The van der Waals surface area contributed by atoms with Crippen LogP contribution in [0, 0.1) is 6.92 Å². The Morgan fingerprint density at radius 3 is 2.64 bits per heavy atom. The van der Waals surface area contributed by atoms with Crippen LogP contribution >= 0.6 is 11.3 Å². The third-order valence-corrected chi connectivity index (χ3v) is 5.36. The number of hydrogen-bond acceptors (Lipinski definition) is 4. The summed E-state index contributed by atoms with van der Waals surface area (Å²) in [5.74, 6) is 0.920. The van der Waals surface area contributed by atoms with Crippen molar-refractivity contribution in [3.05, 3.63) is 72.7 Å². The summed E-state index contributed by atoms with van der Waals surface area (Å²) >= 11 is 1.63. The second-order valence-corrected chi connectivity index (χ2v) is 6.89. The number of hydrogen-bond donors (Lipinski definition) is 0. The number of imidazole rings is 1. The minimum Gasteiger partial charge on any atom is -0.291 e. The molecule has 4 nitrogen and oxygen atoms in total. The van der Waals surface area contributed by atoms with Gasteiger partial charge in [-0.3, -0.25) is 9.55 Å². The predicted octanol–water partition coefficient (Wildman–Crippen LogP) is 5.01. The van der Waals surface area contributed by atoms with E-state index in [1.165, 1.54) is 0 Å². The predicted molar refractivity (Wildman–Crippen MR) is 102 cm³/mol. The quantitative estimate of drug-likeness (QED) is 0.453. The molecule has 25 heavy (non-hydrogen) atoms. The maximum Gasteiger partial charge on any atom is 0.148 e. The Morgan fingerprint density at radius 1 is 0.920 bits per heavy atom. The summed E-state index contributed by atoms with van der Waals surface area (Å²) in [7, 11) is 0. The molecule has 0 amide bonds. The molecule has 0 aliphatic heterocycles. The van der Waals surface area contributed by atoms with Gasteiger partial charge in [-0.15, -0.1) is 0 Å². The van der Waals surface area contributed by atoms with Crippen LogP contribution in [-0.4, -0.2) is 19.5 Å². The molecule has 0 saturated carbocycles. The van der Waals surface area contributed by atoms with E-state index in [0.29, 0.717) is 0 Å². The fourth-order valence-electron chi connectivity index (χ4n) is 3.16. The Labute approximate surface area is 148 Å². The van der Waals surface area contributed by atoms with Crippen LogP contribution in [-0.2, 0) is 0 Å². The molecule has 0 N–H and O–H groups in total. The summed E-state index contributed by atoms with van der Waals surface area (Å²) in [5.41, 5.74) is 4.41. The van der Waals surface area contributed by atoms with Crippen molar-refractivity contribution in [2.24, 2.45) is 0 Å². The molecule has 0 radical (unpaired) electrons. The van der Waals surface area contributed by atoms with Crippen molar-refractivity contribution in [1.29, 1.82) is 0 Å². The Balaban J connectivity index is 1.94. The van der Waals surface area contributed by atoms with Gasteiger partial charge in [0.15, 0.2) is 0 Å². The van der Waals surface area contributed by atoms with Gasteiger partial charge >= 0.3 is 0 Å². The zero-order valence-electron chi connectivity index (χ0n) is 13.5. The van der Waals surface area contributed by atoms with E-state index in [1.807, 2.05) is 48.9 Å². The Morgan fingerprint density at radius 2 is 1.80 bits per heavy atom. The van der Waals surface area contributed by atoms with Crippen LogP contribution in [0.15, 0.2) is 67.1 Å². The lowest BCUT2D eigenvalue weighted by molar-refractivity contribution is 1.09. The minimum atomic E-state index is 0.920. The first kappa shape index (κ1) is 14.3. The zero-order valence-corrected chi connectivity index (χ0v) is 14.4. The van der Waals surface area contributed by atoms with Gasteiger partial charge in [-0.2, -0.15) is 0 Å². The molecule has 5 aromatic rings. The first-order chi connectivity index (χ1) is 12.3. The SMILES string of the molecule is Cc1ccncc1-c1nc2sc3ncccc3c2n1-c1ccccc1. The average molecular weight is 342 g/mol. The molecule has 0 aliphatic carbocycles. The van der Waals surface area contributed by atoms with Gasteiger partial charge in [0, 0.05) is 35.2 Å². The van der Waals surface area contributed by atoms with Gasteiger partial charge in [0.25, 0.3) is 0 Å². The normalized spacial score (nSPS) is 11.4. The fraction of sp³-hybridized carbons (Fsp3) is 0.0500. The van der Waals surface area contributed by atoms with Gasteiger partial charge < -0.3 is 0 Å². The van der Waals surface area contributed by atoms with Crippen LogP contribution in [0.25, 0.3) is 37.6 Å². The number of para-hydroxylation sites is 1. The van der Waals surface area contributed by atoms with Gasteiger partial charge in [0.1, 0.15) is 15.5 Å². The lowest BCUT2D eigenvalue weighted by Gasteiger charge is -2.11. The number of nitrogens with zero attached hydrogens (tertiary/aromatic N) is 4. The molecule has 0 unspecified atom stereocenters. The Hall–Kier alpha value is -3.05. The van der Waals surface area contributed by atoms with E-state index in [2.05, 4.69) is 39.7 Å². The van der Waals surface area contributed by atoms with Gasteiger partial charge in [-0.05, 0) is 42.8 Å². The fourth-order valence-corrected chi connectivity index (χ4v) is 4.16. The van der Waals surface area contributed by atoms with Crippen molar-refractivity contribution in [1.82, 2.24) is 19.5 Å². The monoisotopic (exact) mass is 342 g/mol. The van der Waals surface area contributed by atoms with Crippen molar-refractivity contribution >= 4 is 31.9 Å². The highest BCUT2D eigenvalue weighted by Crippen LogP contribution is 2.38. The van der Waals surface area contributed by atoms with Crippen molar-refractivity contribution in [3.8, 4) is 17.1 Å². The highest BCUT2D eigenvalue weighted by Gasteiger charge is 2.20. The highest BCUT2D eigenvalue weighted by atomic mass is 32.1. The second kappa shape index (κ2) is 5.50. The maximum atomic E-state index is 4.96. The first-order valence-corrected chi connectivity index (χ1v) is 8.87. The van der Waals surface area contributed by atoms with Crippen LogP contribution in [0.4, 0.5) is 0 Å². The van der Waals surface area contributed by atoms with E-state index in [4.69, 9.17) is 4.98 Å². The topological polar surface area (TPSA) is 43.6 Å². The molecular weight excluding hydrogens is 328 g/mol. The smallest absolute Gasteiger partial charge is 0.148 e. The highest BCUT2D eigenvalue weighted by molar-refractivity contribution is 7.25. The number of aromatic nitrogens is 4. The van der Waals surface area contributed by atoms with E-state index in [-0.39, 0.29) is 0 Å². The average Bonchev–Trinajstić information content (AvgIpc) is 3.18. The van der Waals surface area contributed by atoms with E-state index in [0.717, 1.165) is 43.2 Å². The van der Waals surface area contributed by atoms with Crippen LogP contribution in [0.2, 0.25) is 0 Å². The number of fused-ring (bicyclic) bond motifs is 3. The summed E-state index contributed by atoms with van der Waals surface area (Å²) in [6.07, 6.45) is 5.54. The van der Waals surface area contributed by atoms with E-state index in [9.17, 15) is 0 Å². The number of benzene rings is 1. The molecule has 4 aromatic heterocycles. The summed E-state index contributed by atoms with van der Waals surface area (Å²) in [4.78, 5) is 15.8. The molecule has 0 spiro atoms. The summed E-state index contributed by atoms with van der Waals surface area (Å²) < 4.78 is 2.22. The largest absolute Gasteiger partial charge is 0.291 e. The first-order valence-electron chi connectivity index (χ1n) is 8.05.